The van der Waals surface area contributed by atoms with Gasteiger partial charge in [0, 0.05) is 0 Å². The van der Waals surface area contributed by atoms with Gasteiger partial charge in [0.2, 0.25) is 0 Å². The molecule has 0 radical (unpaired) electrons. The lowest BCUT2D eigenvalue weighted by atomic mass is 10.1. The molecule has 0 aromatic rings. The summed E-state index contributed by atoms with van der Waals surface area (Å²) < 4.78 is 0. The molecule has 14 heavy (non-hydrogen) atoms. The number of aliphatic hydroxyl groups is 1. The summed E-state index contributed by atoms with van der Waals surface area (Å²) in [5, 5.41) is 9.67. The molecule has 1 rings (SSSR count). The largest absolute Gasteiger partial charge is 0.378 e. The third-order valence-electron chi connectivity index (χ3n) is 2.95. The first-order valence-electron chi connectivity index (χ1n) is 5.70. The number of nitrogens with one attached hydrogen (secondary N) is 1. The van der Waals surface area contributed by atoms with E-state index in [1.54, 1.807) is 11.8 Å². The van der Waals surface area contributed by atoms with E-state index < -0.39 is 5.60 Å². The van der Waals surface area contributed by atoms with E-state index in [2.05, 4.69) is 11.8 Å². The minimum absolute atomic E-state index is 0.704. The zero-order valence-corrected chi connectivity index (χ0v) is 9.40. The zero-order chi connectivity index (χ0) is 10.4. The number of hydrogen-bond donors (Lipinski definition) is 2. The molecule has 0 aromatic carbocycles. The van der Waals surface area contributed by atoms with Crippen LogP contribution in [0, 0.1) is 11.8 Å². The zero-order valence-electron chi connectivity index (χ0n) is 9.40. The maximum atomic E-state index is 9.67. The Morgan fingerprint density at radius 3 is 2.50 bits per heavy atom. The number of rotatable bonds is 2. The Morgan fingerprint density at radius 2 is 1.93 bits per heavy atom. The lowest BCUT2D eigenvalue weighted by Crippen LogP contribution is -3.12. The van der Waals surface area contributed by atoms with Gasteiger partial charge in [-0.15, -0.1) is 0 Å². The van der Waals surface area contributed by atoms with E-state index in [1.807, 2.05) is 6.92 Å². The van der Waals surface area contributed by atoms with Crippen molar-refractivity contribution in [3.63, 3.8) is 0 Å². The van der Waals surface area contributed by atoms with Gasteiger partial charge in [-0.05, 0) is 38.5 Å². The van der Waals surface area contributed by atoms with Gasteiger partial charge < -0.3 is 10.0 Å². The molecule has 80 valence electrons. The third-order valence-corrected chi connectivity index (χ3v) is 2.95. The van der Waals surface area contributed by atoms with Crippen LogP contribution in [0.3, 0.4) is 0 Å². The molecule has 1 atom stereocenters. The molecule has 0 amide bonds. The molecule has 1 aliphatic rings. The van der Waals surface area contributed by atoms with Crippen LogP contribution in [0.5, 0.6) is 0 Å². The molecule has 0 unspecified atom stereocenters. The molecule has 0 aromatic heterocycles. The number of quaternary nitrogens is 1. The third kappa shape index (κ3) is 4.13. The molecule has 2 nitrogen and oxygen atoms in total. The molecule has 0 bridgehead atoms. The highest BCUT2D eigenvalue weighted by Crippen LogP contribution is 2.04. The van der Waals surface area contributed by atoms with Gasteiger partial charge in [0.15, 0.2) is 0 Å². The van der Waals surface area contributed by atoms with E-state index in [9.17, 15) is 5.11 Å². The van der Waals surface area contributed by atoms with Crippen molar-refractivity contribution in [1.29, 1.82) is 0 Å². The number of piperidine rings is 1. The SMILES string of the molecule is CC[C@](C)(O)C#CC[NH+]1CCCCC1. The van der Waals surface area contributed by atoms with Crippen LogP contribution in [0.4, 0.5) is 0 Å². The second kappa shape index (κ2) is 5.38. The maximum absolute atomic E-state index is 9.67. The molecule has 1 aliphatic heterocycles. The summed E-state index contributed by atoms with van der Waals surface area (Å²) in [4.78, 5) is 1.58. The normalized spacial score (nSPS) is 22.2. The monoisotopic (exact) mass is 196 g/mol. The Bertz CT molecular complexity index is 218. The average Bonchev–Trinajstić information content (AvgIpc) is 2.19. The van der Waals surface area contributed by atoms with Gasteiger partial charge in [-0.2, -0.15) is 0 Å². The fourth-order valence-electron chi connectivity index (χ4n) is 1.68. The van der Waals surface area contributed by atoms with Crippen molar-refractivity contribution >= 4 is 0 Å². The second-order valence-corrected chi connectivity index (χ2v) is 4.42. The molecule has 0 spiro atoms. The van der Waals surface area contributed by atoms with Crippen LogP contribution in [0.25, 0.3) is 0 Å². The summed E-state index contributed by atoms with van der Waals surface area (Å²) in [6.45, 7) is 7.15. The summed E-state index contributed by atoms with van der Waals surface area (Å²) >= 11 is 0. The van der Waals surface area contributed by atoms with Crippen LogP contribution in [0.15, 0.2) is 0 Å². The Morgan fingerprint density at radius 1 is 1.29 bits per heavy atom. The summed E-state index contributed by atoms with van der Waals surface area (Å²) in [5.74, 6) is 6.05. The molecule has 1 fully saturated rings. The minimum atomic E-state index is -0.783. The number of likely N-dealkylation sites (tertiary alicyclic amines) is 1. The molecule has 2 N–H and O–H groups in total. The summed E-state index contributed by atoms with van der Waals surface area (Å²) in [7, 11) is 0. The van der Waals surface area contributed by atoms with Crippen LogP contribution in [0.2, 0.25) is 0 Å². The van der Waals surface area contributed by atoms with Crippen molar-refractivity contribution in [3.05, 3.63) is 0 Å². The fraction of sp³-hybridized carbons (Fsp3) is 0.833. The predicted octanol–water partition coefficient (Wildman–Crippen LogP) is 0.220. The maximum Gasteiger partial charge on any atom is 0.139 e. The van der Waals surface area contributed by atoms with Crippen LogP contribution in [0.1, 0.15) is 39.5 Å². The Balaban J connectivity index is 2.30. The van der Waals surface area contributed by atoms with Crippen LogP contribution in [-0.4, -0.2) is 30.3 Å². The highest BCUT2D eigenvalue weighted by molar-refractivity contribution is 5.11. The molecule has 0 saturated carbocycles. The summed E-state index contributed by atoms with van der Waals surface area (Å²) in [6.07, 6.45) is 4.75. The van der Waals surface area contributed by atoms with Crippen molar-refractivity contribution < 1.29 is 10.0 Å². The van der Waals surface area contributed by atoms with Crippen LogP contribution in [-0.2, 0) is 0 Å². The van der Waals surface area contributed by atoms with Gasteiger partial charge in [0.25, 0.3) is 0 Å². The number of hydrogen-bond acceptors (Lipinski definition) is 1. The van der Waals surface area contributed by atoms with Crippen molar-refractivity contribution in [1.82, 2.24) is 0 Å². The fourth-order valence-corrected chi connectivity index (χ4v) is 1.68. The quantitative estimate of drug-likeness (QED) is 0.607. The highest BCUT2D eigenvalue weighted by atomic mass is 16.3. The topological polar surface area (TPSA) is 24.7 Å². The Kier molecular flexibility index (Phi) is 4.44. The van der Waals surface area contributed by atoms with Gasteiger partial charge in [-0.25, -0.2) is 0 Å². The van der Waals surface area contributed by atoms with Crippen molar-refractivity contribution in [3.8, 4) is 11.8 Å². The van der Waals surface area contributed by atoms with E-state index in [4.69, 9.17) is 0 Å². The molecule has 1 saturated heterocycles. The van der Waals surface area contributed by atoms with E-state index in [-0.39, 0.29) is 0 Å². The van der Waals surface area contributed by atoms with Crippen molar-refractivity contribution in [2.75, 3.05) is 19.6 Å². The predicted molar refractivity (Wildman–Crippen MR) is 58.1 cm³/mol. The van der Waals surface area contributed by atoms with E-state index in [0.29, 0.717) is 6.42 Å². The lowest BCUT2D eigenvalue weighted by Gasteiger charge is -2.21. The first kappa shape index (κ1) is 11.6. The second-order valence-electron chi connectivity index (χ2n) is 4.42. The van der Waals surface area contributed by atoms with Crippen molar-refractivity contribution in [2.45, 2.75) is 45.1 Å². The molecular weight excluding hydrogens is 174 g/mol. The van der Waals surface area contributed by atoms with Gasteiger partial charge in [-0.1, -0.05) is 12.8 Å². The first-order chi connectivity index (χ1) is 6.64. The smallest absolute Gasteiger partial charge is 0.139 e. The van der Waals surface area contributed by atoms with Gasteiger partial charge in [0.1, 0.15) is 12.1 Å². The summed E-state index contributed by atoms with van der Waals surface area (Å²) in [5.41, 5.74) is -0.783. The highest BCUT2D eigenvalue weighted by Gasteiger charge is 2.14. The Labute approximate surface area is 87.3 Å². The average molecular weight is 196 g/mol. The van der Waals surface area contributed by atoms with E-state index in [1.165, 1.54) is 32.4 Å². The van der Waals surface area contributed by atoms with Crippen LogP contribution < -0.4 is 4.90 Å². The first-order valence-corrected chi connectivity index (χ1v) is 5.70. The standard InChI is InChI=1S/C12H21NO/c1-3-12(2,14)8-7-11-13-9-5-4-6-10-13/h14H,3-6,9-11H2,1-2H3/p+1/t12-/m0/s1. The lowest BCUT2D eigenvalue weighted by molar-refractivity contribution is -0.897. The van der Waals surface area contributed by atoms with Crippen LogP contribution >= 0.6 is 0 Å². The molecule has 0 aliphatic carbocycles. The van der Waals surface area contributed by atoms with E-state index in [0.717, 1.165) is 6.54 Å². The Hall–Kier alpha value is -0.520. The van der Waals surface area contributed by atoms with Crippen molar-refractivity contribution in [2.24, 2.45) is 0 Å². The minimum Gasteiger partial charge on any atom is -0.378 e. The van der Waals surface area contributed by atoms with E-state index >= 15 is 0 Å². The summed E-state index contributed by atoms with van der Waals surface area (Å²) in [6, 6.07) is 0. The van der Waals surface area contributed by atoms with Gasteiger partial charge in [0.05, 0.1) is 13.1 Å². The molecular formula is C12H22NO+. The molecule has 2 heteroatoms. The molecule has 1 heterocycles. The van der Waals surface area contributed by atoms with Gasteiger partial charge >= 0.3 is 0 Å². The van der Waals surface area contributed by atoms with Gasteiger partial charge in [-0.3, -0.25) is 0 Å².